The van der Waals surface area contributed by atoms with Crippen LogP contribution in [-0.4, -0.2) is 0 Å². The fraction of sp³-hybridized carbons (Fsp3) is 0.0508. The third-order valence-electron chi connectivity index (χ3n) is 13.6. The topological polar surface area (TPSA) is 13.1 Å². The predicted molar refractivity (Wildman–Crippen MR) is 255 cm³/mol. The number of hydrogen-bond acceptors (Lipinski definition) is 1. The van der Waals surface area contributed by atoms with E-state index in [1.807, 2.05) is 0 Å². The molecular weight excluding hydrogens is 725 g/mol. The van der Waals surface area contributed by atoms with E-state index in [4.69, 9.17) is 4.42 Å². The number of fused-ring (bicyclic) bond motifs is 12. The van der Waals surface area contributed by atoms with Crippen LogP contribution >= 0.6 is 0 Å². The lowest BCUT2D eigenvalue weighted by atomic mass is 9.79. The second-order valence-electron chi connectivity index (χ2n) is 17.2. The minimum Gasteiger partial charge on any atom is -0.456 e. The normalized spacial score (nSPS) is 13.3. The monoisotopic (exact) mass is 762 g/mol. The lowest BCUT2D eigenvalue weighted by Crippen LogP contribution is -2.15. The Balaban J connectivity index is 0.922. The molecule has 0 saturated heterocycles. The van der Waals surface area contributed by atoms with Gasteiger partial charge in [0.25, 0.3) is 0 Å². The van der Waals surface area contributed by atoms with Gasteiger partial charge in [0.05, 0.1) is 0 Å². The van der Waals surface area contributed by atoms with Gasteiger partial charge in [0.15, 0.2) is 0 Å². The van der Waals surface area contributed by atoms with Gasteiger partial charge in [0, 0.05) is 16.2 Å². The minimum atomic E-state index is -0.205. The second kappa shape index (κ2) is 12.3. The molecule has 0 unspecified atom stereocenters. The first-order valence-electron chi connectivity index (χ1n) is 21.0. The Morgan fingerprint density at radius 3 is 1.60 bits per heavy atom. The molecule has 11 aromatic carbocycles. The van der Waals surface area contributed by atoms with Gasteiger partial charge in [-0.1, -0.05) is 172 Å². The van der Waals surface area contributed by atoms with Crippen molar-refractivity contribution in [2.24, 2.45) is 0 Å². The van der Waals surface area contributed by atoms with Crippen molar-refractivity contribution < 1.29 is 4.42 Å². The Morgan fingerprint density at radius 2 is 0.867 bits per heavy atom. The Hall–Kier alpha value is -7.48. The molecule has 0 N–H and O–H groups in total. The standard InChI is InChI=1S/C59H38O/c1-59(2)52-33-41(26-27-44(52)50-28-29-53-57(58(50)59)51-32-36-13-3-4-14-37(36)34-54(51)60-53)39-22-23-40-31-42(25-24-38(40)30-39)55-46-17-7-9-19-48(46)56(49-20-10-8-18-47(49)55)45-21-11-15-35-12-5-6-16-43(35)45/h3-34H,1-2H3. The fourth-order valence-electron chi connectivity index (χ4n) is 10.8. The zero-order chi connectivity index (χ0) is 39.7. The summed E-state index contributed by atoms with van der Waals surface area (Å²) in [5.41, 5.74) is 14.6. The maximum Gasteiger partial charge on any atom is 0.136 e. The first kappa shape index (κ1) is 33.5. The molecule has 1 heteroatoms. The average molecular weight is 763 g/mol. The summed E-state index contributed by atoms with van der Waals surface area (Å²) in [4.78, 5) is 0. The summed E-state index contributed by atoms with van der Waals surface area (Å²) in [5, 5.41) is 15.0. The van der Waals surface area contributed by atoms with E-state index in [0.717, 1.165) is 11.2 Å². The van der Waals surface area contributed by atoms with Crippen molar-refractivity contribution in [3.63, 3.8) is 0 Å². The van der Waals surface area contributed by atoms with Gasteiger partial charge >= 0.3 is 0 Å². The van der Waals surface area contributed by atoms with E-state index < -0.39 is 0 Å². The van der Waals surface area contributed by atoms with Gasteiger partial charge in [-0.2, -0.15) is 0 Å². The molecule has 0 spiro atoms. The van der Waals surface area contributed by atoms with Crippen LogP contribution in [0, 0.1) is 0 Å². The van der Waals surface area contributed by atoms with Crippen LogP contribution in [0.25, 0.3) is 120 Å². The van der Waals surface area contributed by atoms with Gasteiger partial charge in [0.1, 0.15) is 11.2 Å². The zero-order valence-electron chi connectivity index (χ0n) is 33.4. The summed E-state index contributed by atoms with van der Waals surface area (Å²) >= 11 is 0. The smallest absolute Gasteiger partial charge is 0.136 e. The third kappa shape index (κ3) is 4.69. The number of rotatable bonds is 3. The van der Waals surface area contributed by atoms with Crippen LogP contribution < -0.4 is 0 Å². The van der Waals surface area contributed by atoms with E-state index in [2.05, 4.69) is 208 Å². The highest BCUT2D eigenvalue weighted by Gasteiger charge is 2.38. The van der Waals surface area contributed by atoms with Crippen molar-refractivity contribution in [1.82, 2.24) is 0 Å². The molecule has 0 atom stereocenters. The molecule has 60 heavy (non-hydrogen) atoms. The molecule has 0 aliphatic heterocycles. The van der Waals surface area contributed by atoms with Crippen molar-refractivity contribution >= 4 is 75.8 Å². The first-order valence-corrected chi connectivity index (χ1v) is 21.0. The largest absolute Gasteiger partial charge is 0.456 e. The summed E-state index contributed by atoms with van der Waals surface area (Å²) < 4.78 is 6.53. The lowest BCUT2D eigenvalue weighted by Gasteiger charge is -2.23. The maximum atomic E-state index is 6.53. The van der Waals surface area contributed by atoms with Gasteiger partial charge in [-0.15, -0.1) is 0 Å². The highest BCUT2D eigenvalue weighted by atomic mass is 16.3. The number of furan rings is 1. The SMILES string of the molecule is CC1(C)c2cc(-c3ccc4cc(-c5c6ccccc6c(-c6cccc7ccccc67)c6ccccc56)ccc4c3)ccc2-c2ccc3oc4cc5ccccc5cc4c3c21. The van der Waals surface area contributed by atoms with Gasteiger partial charge < -0.3 is 4.42 Å². The predicted octanol–water partition coefficient (Wildman–Crippen LogP) is 16.7. The second-order valence-corrected chi connectivity index (χ2v) is 17.2. The third-order valence-corrected chi connectivity index (χ3v) is 13.6. The Labute approximate surface area is 347 Å². The van der Waals surface area contributed by atoms with Gasteiger partial charge in [0.2, 0.25) is 0 Å². The van der Waals surface area contributed by atoms with Crippen LogP contribution in [0.5, 0.6) is 0 Å². The molecule has 0 fully saturated rings. The van der Waals surface area contributed by atoms with E-state index >= 15 is 0 Å². The lowest BCUT2D eigenvalue weighted by molar-refractivity contribution is 0.657. The molecular formula is C59H38O. The van der Waals surface area contributed by atoms with E-state index in [0.29, 0.717) is 0 Å². The van der Waals surface area contributed by atoms with Gasteiger partial charge in [-0.3, -0.25) is 0 Å². The molecule has 13 rings (SSSR count). The molecule has 0 saturated carbocycles. The molecule has 1 heterocycles. The van der Waals surface area contributed by atoms with E-state index in [9.17, 15) is 0 Å². The zero-order valence-corrected chi connectivity index (χ0v) is 33.4. The summed E-state index contributed by atoms with van der Waals surface area (Å²) in [6, 6.07) is 71.9. The molecule has 1 aliphatic rings. The quantitative estimate of drug-likeness (QED) is 0.163. The number of hydrogen-bond donors (Lipinski definition) is 0. The first-order chi connectivity index (χ1) is 29.5. The molecule has 1 nitrogen and oxygen atoms in total. The van der Waals surface area contributed by atoms with Crippen molar-refractivity contribution in [2.75, 3.05) is 0 Å². The molecule has 0 bridgehead atoms. The average Bonchev–Trinajstić information content (AvgIpc) is 3.76. The fourth-order valence-corrected chi connectivity index (χ4v) is 10.8. The van der Waals surface area contributed by atoms with E-state index in [1.165, 1.54) is 120 Å². The molecule has 12 aromatic rings. The van der Waals surface area contributed by atoms with Gasteiger partial charge in [-0.05, 0) is 146 Å². The summed E-state index contributed by atoms with van der Waals surface area (Å²) in [7, 11) is 0. The van der Waals surface area contributed by atoms with Crippen LogP contribution in [0.1, 0.15) is 25.0 Å². The van der Waals surface area contributed by atoms with Crippen LogP contribution in [0.3, 0.4) is 0 Å². The molecule has 0 amide bonds. The van der Waals surface area contributed by atoms with Crippen LogP contribution in [0.2, 0.25) is 0 Å². The van der Waals surface area contributed by atoms with Crippen molar-refractivity contribution in [2.45, 2.75) is 19.3 Å². The summed E-state index contributed by atoms with van der Waals surface area (Å²) in [5.74, 6) is 0. The van der Waals surface area contributed by atoms with Crippen LogP contribution in [0.15, 0.2) is 199 Å². The Bertz CT molecular complexity index is 3740. The van der Waals surface area contributed by atoms with E-state index in [-0.39, 0.29) is 5.41 Å². The minimum absolute atomic E-state index is 0.205. The summed E-state index contributed by atoms with van der Waals surface area (Å²) in [6.45, 7) is 4.76. The number of benzene rings is 11. The van der Waals surface area contributed by atoms with Crippen molar-refractivity contribution in [1.29, 1.82) is 0 Å². The molecule has 0 radical (unpaired) electrons. The molecule has 280 valence electrons. The van der Waals surface area contributed by atoms with Gasteiger partial charge in [-0.25, -0.2) is 0 Å². The Morgan fingerprint density at radius 1 is 0.333 bits per heavy atom. The van der Waals surface area contributed by atoms with Crippen LogP contribution in [0.4, 0.5) is 0 Å². The van der Waals surface area contributed by atoms with Crippen molar-refractivity contribution in [3.05, 3.63) is 205 Å². The molecule has 1 aliphatic carbocycles. The molecule has 1 aromatic heterocycles. The van der Waals surface area contributed by atoms with Crippen molar-refractivity contribution in [3.8, 4) is 44.5 Å². The maximum absolute atomic E-state index is 6.53. The highest BCUT2D eigenvalue weighted by molar-refractivity contribution is 6.24. The van der Waals surface area contributed by atoms with E-state index in [1.54, 1.807) is 0 Å². The Kier molecular flexibility index (Phi) is 6.85. The highest BCUT2D eigenvalue weighted by Crippen LogP contribution is 2.54. The summed E-state index contributed by atoms with van der Waals surface area (Å²) in [6.07, 6.45) is 0. The van der Waals surface area contributed by atoms with Crippen LogP contribution in [-0.2, 0) is 5.41 Å².